The maximum absolute atomic E-state index is 13.2. The maximum atomic E-state index is 13.2. The molecule has 0 aromatic heterocycles. The van der Waals surface area contributed by atoms with Gasteiger partial charge >= 0.3 is 0 Å². The average molecular weight is 251 g/mol. The minimum Gasteiger partial charge on any atom is -0.389 e. The van der Waals surface area contributed by atoms with Gasteiger partial charge in [0.05, 0.1) is 5.60 Å². The highest BCUT2D eigenvalue weighted by Gasteiger charge is 2.29. The van der Waals surface area contributed by atoms with E-state index in [-0.39, 0.29) is 5.82 Å². The van der Waals surface area contributed by atoms with Gasteiger partial charge < -0.3 is 10.0 Å². The van der Waals surface area contributed by atoms with E-state index in [9.17, 15) is 9.50 Å². The zero-order valence-corrected chi connectivity index (χ0v) is 11.0. The fourth-order valence-corrected chi connectivity index (χ4v) is 2.75. The van der Waals surface area contributed by atoms with E-state index in [1.165, 1.54) is 12.1 Å². The summed E-state index contributed by atoms with van der Waals surface area (Å²) in [7, 11) is 0. The van der Waals surface area contributed by atoms with Crippen LogP contribution in [0.1, 0.15) is 31.7 Å². The molecule has 1 aliphatic rings. The van der Waals surface area contributed by atoms with Gasteiger partial charge in [-0.3, -0.25) is 0 Å². The van der Waals surface area contributed by atoms with Crippen molar-refractivity contribution in [2.75, 3.05) is 19.6 Å². The van der Waals surface area contributed by atoms with Crippen LogP contribution < -0.4 is 0 Å². The lowest BCUT2D eigenvalue weighted by molar-refractivity contribution is 0.0258. The topological polar surface area (TPSA) is 23.5 Å². The number of nitrogens with zero attached hydrogens (tertiary/aromatic N) is 1. The van der Waals surface area contributed by atoms with Crippen molar-refractivity contribution in [3.8, 4) is 0 Å². The molecule has 0 saturated carbocycles. The Labute approximate surface area is 108 Å². The number of likely N-dealkylation sites (tertiary alicyclic amines) is 1. The molecule has 2 rings (SSSR count). The number of hydrogen-bond acceptors (Lipinski definition) is 2. The summed E-state index contributed by atoms with van der Waals surface area (Å²) in [5.74, 6) is -0.222. The van der Waals surface area contributed by atoms with E-state index in [1.54, 1.807) is 6.07 Å². The zero-order valence-electron chi connectivity index (χ0n) is 11.0. The van der Waals surface area contributed by atoms with Gasteiger partial charge in [0.2, 0.25) is 0 Å². The van der Waals surface area contributed by atoms with Gasteiger partial charge in [-0.25, -0.2) is 4.39 Å². The van der Waals surface area contributed by atoms with Crippen molar-refractivity contribution in [1.29, 1.82) is 0 Å². The Balaban J connectivity index is 2.02. The van der Waals surface area contributed by atoms with Crippen LogP contribution in [0.5, 0.6) is 0 Å². The lowest BCUT2D eigenvalue weighted by Gasteiger charge is -2.27. The summed E-state index contributed by atoms with van der Waals surface area (Å²) in [6.45, 7) is 5.18. The molecule has 3 heteroatoms. The highest BCUT2D eigenvalue weighted by Crippen LogP contribution is 2.26. The van der Waals surface area contributed by atoms with E-state index < -0.39 is 5.60 Å². The minimum atomic E-state index is -0.669. The predicted octanol–water partition coefficient (Wildman–Crippen LogP) is 2.61. The standard InChI is InChI=1S/C15H22FNO/c1-2-17-9-4-7-15(18,8-10-17)12-13-5-3-6-14(16)11-13/h3,5-6,11,18H,2,4,7-10,12H2,1H3. The predicted molar refractivity (Wildman–Crippen MR) is 71.0 cm³/mol. The minimum absolute atomic E-state index is 0.222. The van der Waals surface area contributed by atoms with Crippen LogP contribution in [0.25, 0.3) is 0 Å². The molecule has 0 spiro atoms. The Bertz CT molecular complexity index is 396. The number of halogens is 1. The summed E-state index contributed by atoms with van der Waals surface area (Å²) in [5.41, 5.74) is 0.222. The molecule has 0 aliphatic carbocycles. The molecule has 0 bridgehead atoms. The first-order chi connectivity index (χ1) is 8.61. The molecule has 1 unspecified atom stereocenters. The third-order valence-electron chi connectivity index (χ3n) is 3.88. The highest BCUT2D eigenvalue weighted by molar-refractivity contribution is 5.18. The third kappa shape index (κ3) is 3.53. The normalized spacial score (nSPS) is 25.9. The third-order valence-corrected chi connectivity index (χ3v) is 3.88. The first-order valence-corrected chi connectivity index (χ1v) is 6.80. The van der Waals surface area contributed by atoms with Crippen molar-refractivity contribution in [1.82, 2.24) is 4.90 Å². The van der Waals surface area contributed by atoms with Crippen molar-refractivity contribution >= 4 is 0 Å². The molecule has 0 amide bonds. The van der Waals surface area contributed by atoms with Crippen molar-refractivity contribution in [2.24, 2.45) is 0 Å². The maximum Gasteiger partial charge on any atom is 0.123 e. The van der Waals surface area contributed by atoms with Crippen LogP contribution in [0.15, 0.2) is 24.3 Å². The monoisotopic (exact) mass is 251 g/mol. The van der Waals surface area contributed by atoms with Crippen LogP contribution >= 0.6 is 0 Å². The first-order valence-electron chi connectivity index (χ1n) is 6.80. The van der Waals surface area contributed by atoms with Crippen molar-refractivity contribution in [3.63, 3.8) is 0 Å². The van der Waals surface area contributed by atoms with Crippen LogP contribution in [0.2, 0.25) is 0 Å². The second-order valence-corrected chi connectivity index (χ2v) is 5.32. The molecule has 1 aromatic carbocycles. The Morgan fingerprint density at radius 3 is 2.89 bits per heavy atom. The van der Waals surface area contributed by atoms with Crippen LogP contribution in [0.4, 0.5) is 4.39 Å². The quantitative estimate of drug-likeness (QED) is 0.892. The number of hydrogen-bond donors (Lipinski definition) is 1. The molecular formula is C15H22FNO. The summed E-state index contributed by atoms with van der Waals surface area (Å²) in [6, 6.07) is 6.58. The summed E-state index contributed by atoms with van der Waals surface area (Å²) in [6.07, 6.45) is 3.15. The molecule has 1 N–H and O–H groups in total. The lowest BCUT2D eigenvalue weighted by Crippen LogP contribution is -2.33. The fraction of sp³-hybridized carbons (Fsp3) is 0.600. The fourth-order valence-electron chi connectivity index (χ4n) is 2.75. The number of rotatable bonds is 3. The first kappa shape index (κ1) is 13.5. The second kappa shape index (κ2) is 5.81. The Morgan fingerprint density at radius 2 is 2.17 bits per heavy atom. The molecule has 1 atom stereocenters. The van der Waals surface area contributed by atoms with E-state index in [2.05, 4.69) is 11.8 Å². The Hall–Kier alpha value is -0.930. The van der Waals surface area contributed by atoms with Gasteiger partial charge in [0, 0.05) is 13.0 Å². The molecule has 2 nitrogen and oxygen atoms in total. The Morgan fingerprint density at radius 1 is 1.33 bits per heavy atom. The van der Waals surface area contributed by atoms with Gasteiger partial charge in [-0.1, -0.05) is 19.1 Å². The molecular weight excluding hydrogens is 229 g/mol. The molecule has 1 aliphatic heterocycles. The molecule has 1 heterocycles. The van der Waals surface area contributed by atoms with E-state index in [0.29, 0.717) is 6.42 Å². The molecule has 1 saturated heterocycles. The van der Waals surface area contributed by atoms with E-state index in [4.69, 9.17) is 0 Å². The van der Waals surface area contributed by atoms with Crippen molar-refractivity contribution in [3.05, 3.63) is 35.6 Å². The average Bonchev–Trinajstić information content (AvgIpc) is 2.51. The van der Waals surface area contributed by atoms with Crippen molar-refractivity contribution < 1.29 is 9.50 Å². The molecule has 0 radical (unpaired) electrons. The van der Waals surface area contributed by atoms with Crippen LogP contribution in [-0.4, -0.2) is 35.2 Å². The molecule has 100 valence electrons. The van der Waals surface area contributed by atoms with E-state index in [0.717, 1.165) is 44.5 Å². The summed E-state index contributed by atoms with van der Waals surface area (Å²) in [5, 5.41) is 10.7. The molecule has 1 aromatic rings. The van der Waals surface area contributed by atoms with E-state index >= 15 is 0 Å². The van der Waals surface area contributed by atoms with Gasteiger partial charge in [-0.2, -0.15) is 0 Å². The second-order valence-electron chi connectivity index (χ2n) is 5.32. The zero-order chi connectivity index (χ0) is 13.0. The summed E-state index contributed by atoms with van der Waals surface area (Å²) in [4.78, 5) is 2.36. The van der Waals surface area contributed by atoms with Crippen LogP contribution in [-0.2, 0) is 6.42 Å². The van der Waals surface area contributed by atoms with Gasteiger partial charge in [0.1, 0.15) is 5.82 Å². The lowest BCUT2D eigenvalue weighted by atomic mass is 9.88. The van der Waals surface area contributed by atoms with Gasteiger partial charge in [0.15, 0.2) is 0 Å². The smallest absolute Gasteiger partial charge is 0.123 e. The Kier molecular flexibility index (Phi) is 4.36. The highest BCUT2D eigenvalue weighted by atomic mass is 19.1. The summed E-state index contributed by atoms with van der Waals surface area (Å²) >= 11 is 0. The molecule has 1 fully saturated rings. The SMILES string of the molecule is CCN1CCCC(O)(Cc2cccc(F)c2)CC1. The number of benzene rings is 1. The van der Waals surface area contributed by atoms with Crippen LogP contribution in [0.3, 0.4) is 0 Å². The number of aliphatic hydroxyl groups is 1. The van der Waals surface area contributed by atoms with E-state index in [1.807, 2.05) is 6.07 Å². The van der Waals surface area contributed by atoms with Crippen molar-refractivity contribution in [2.45, 2.75) is 38.2 Å². The van der Waals surface area contributed by atoms with Gasteiger partial charge in [0.25, 0.3) is 0 Å². The largest absolute Gasteiger partial charge is 0.389 e. The van der Waals surface area contributed by atoms with Gasteiger partial charge in [-0.15, -0.1) is 0 Å². The molecule has 18 heavy (non-hydrogen) atoms. The summed E-state index contributed by atoms with van der Waals surface area (Å²) < 4.78 is 13.2. The van der Waals surface area contributed by atoms with Crippen LogP contribution in [0, 0.1) is 5.82 Å². The van der Waals surface area contributed by atoms with Gasteiger partial charge in [-0.05, 0) is 50.0 Å².